The number of carbonyl (C=O) groups excluding carboxylic acids is 3. The van der Waals surface area contributed by atoms with E-state index in [1.807, 2.05) is 42.5 Å². The van der Waals surface area contributed by atoms with Gasteiger partial charge < -0.3 is 38.7 Å². The second kappa shape index (κ2) is 14.4. The number of aliphatic hydroxyl groups is 1. The predicted molar refractivity (Wildman–Crippen MR) is 158 cm³/mol. The zero-order valence-corrected chi connectivity index (χ0v) is 22.5. The van der Waals surface area contributed by atoms with E-state index in [9.17, 15) is 19.5 Å². The van der Waals surface area contributed by atoms with Crippen LogP contribution < -0.4 is 33.6 Å². The Kier molecular flexibility index (Phi) is 10.8. The summed E-state index contributed by atoms with van der Waals surface area (Å²) in [6.45, 7) is -0.461. The van der Waals surface area contributed by atoms with Gasteiger partial charge in [0.15, 0.2) is 5.96 Å². The molecule has 0 aliphatic carbocycles. The van der Waals surface area contributed by atoms with Crippen LogP contribution in [0.2, 0.25) is 0 Å². The molecule has 12 nitrogen and oxygen atoms in total. The molecule has 0 aromatic heterocycles. The summed E-state index contributed by atoms with van der Waals surface area (Å²) < 4.78 is 0. The molecule has 0 spiro atoms. The van der Waals surface area contributed by atoms with E-state index in [1.54, 1.807) is 24.3 Å². The number of nitrogens with zero attached hydrogens (tertiary/aromatic N) is 1. The molecule has 0 bridgehead atoms. The number of benzene rings is 3. The maximum Gasteiger partial charge on any atom is 0.245 e. The second-order valence-electron chi connectivity index (χ2n) is 9.63. The molecule has 3 amide bonds. The number of aliphatic hydroxyl groups excluding tert-OH is 1. The second-order valence-corrected chi connectivity index (χ2v) is 9.63. The normalized spacial score (nSPS) is 13.0. The van der Waals surface area contributed by atoms with Gasteiger partial charge in [0.2, 0.25) is 17.7 Å². The highest BCUT2D eigenvalue weighted by molar-refractivity contribution is 5.95. The molecular weight excluding hydrogens is 524 g/mol. The Morgan fingerprint density at radius 3 is 2.12 bits per heavy atom. The Hall–Kier alpha value is -4.97. The molecule has 0 saturated heterocycles. The number of primary amides is 1. The minimum atomic E-state index is -1.33. The molecule has 41 heavy (non-hydrogen) atoms. The highest BCUT2D eigenvalue weighted by Gasteiger charge is 2.29. The first-order valence-corrected chi connectivity index (χ1v) is 13.1. The van der Waals surface area contributed by atoms with E-state index >= 15 is 0 Å². The van der Waals surface area contributed by atoms with Crippen LogP contribution in [-0.2, 0) is 20.8 Å². The van der Waals surface area contributed by atoms with Crippen molar-refractivity contribution >= 4 is 40.3 Å². The third-order valence-corrected chi connectivity index (χ3v) is 6.62. The average Bonchev–Trinajstić information content (AvgIpc) is 2.95. The van der Waals surface area contributed by atoms with E-state index in [1.165, 1.54) is 0 Å². The standard InChI is InChI=1S/C29H36N8O4/c30-25(31)19-9-7-17(8-10-19)14-22(21-12-11-18-4-1-2-5-20(18)15-21)27(40)37-24(16-38)28(41)36-23(26(32)39)6-3-13-35-29(33)34/h1-2,4-5,7-12,15,22-24,38H,3,6,13-14,16H2,(H3,30,31)(H2,32,39)(H,36,41)(H,37,40)(H4,33,34,35)/t22-,23?,24-/m0/s1. The minimum Gasteiger partial charge on any atom is -0.394 e. The Labute approximate surface area is 237 Å². The number of nitrogen functional groups attached to an aromatic ring is 1. The highest BCUT2D eigenvalue weighted by atomic mass is 16.3. The molecule has 3 aromatic carbocycles. The summed E-state index contributed by atoms with van der Waals surface area (Å²) in [6.07, 6.45) is 0.811. The van der Waals surface area contributed by atoms with Crippen molar-refractivity contribution in [1.29, 1.82) is 5.41 Å². The molecule has 0 aliphatic rings. The average molecular weight is 561 g/mol. The van der Waals surface area contributed by atoms with E-state index in [0.717, 1.165) is 16.3 Å². The van der Waals surface area contributed by atoms with Crippen LogP contribution in [0.25, 0.3) is 10.8 Å². The van der Waals surface area contributed by atoms with Crippen molar-refractivity contribution < 1.29 is 19.5 Å². The third-order valence-electron chi connectivity index (χ3n) is 6.62. The predicted octanol–water partition coefficient (Wildman–Crippen LogP) is -0.0490. The number of carbonyl (C=O) groups is 3. The largest absolute Gasteiger partial charge is 0.394 e. The van der Waals surface area contributed by atoms with Gasteiger partial charge >= 0.3 is 0 Å². The van der Waals surface area contributed by atoms with Crippen LogP contribution in [0.4, 0.5) is 0 Å². The van der Waals surface area contributed by atoms with Crippen LogP contribution in [0.3, 0.4) is 0 Å². The first-order valence-electron chi connectivity index (χ1n) is 13.1. The van der Waals surface area contributed by atoms with Gasteiger partial charge in [0.25, 0.3) is 0 Å². The van der Waals surface area contributed by atoms with Crippen LogP contribution in [0, 0.1) is 5.41 Å². The van der Waals surface area contributed by atoms with Crippen molar-refractivity contribution in [3.8, 4) is 0 Å². The third kappa shape index (κ3) is 8.77. The fourth-order valence-electron chi connectivity index (χ4n) is 4.37. The van der Waals surface area contributed by atoms with Crippen molar-refractivity contribution in [3.63, 3.8) is 0 Å². The van der Waals surface area contributed by atoms with E-state index < -0.39 is 42.3 Å². The van der Waals surface area contributed by atoms with Crippen molar-refractivity contribution in [1.82, 2.24) is 10.6 Å². The number of hydrogen-bond acceptors (Lipinski definition) is 6. The zero-order valence-electron chi connectivity index (χ0n) is 22.5. The molecule has 3 aromatic rings. The lowest BCUT2D eigenvalue weighted by atomic mass is 9.89. The van der Waals surface area contributed by atoms with E-state index in [0.29, 0.717) is 17.5 Å². The Morgan fingerprint density at radius 2 is 1.51 bits per heavy atom. The van der Waals surface area contributed by atoms with E-state index in [4.69, 9.17) is 28.3 Å². The molecule has 3 atom stereocenters. The summed E-state index contributed by atoms with van der Waals surface area (Å²) >= 11 is 0. The van der Waals surface area contributed by atoms with Gasteiger partial charge in [-0.3, -0.25) is 24.8 Å². The summed E-state index contributed by atoms with van der Waals surface area (Å²) in [5, 5.41) is 24.7. The molecule has 0 radical (unpaired) electrons. The fourth-order valence-corrected chi connectivity index (χ4v) is 4.37. The van der Waals surface area contributed by atoms with Crippen molar-refractivity contribution in [2.75, 3.05) is 13.2 Å². The van der Waals surface area contributed by atoms with Gasteiger partial charge in [-0.2, -0.15) is 0 Å². The first kappa shape index (κ1) is 30.6. The fraction of sp³-hybridized carbons (Fsp3) is 0.276. The minimum absolute atomic E-state index is 0.0670. The number of nitrogens with two attached hydrogens (primary N) is 4. The van der Waals surface area contributed by atoms with Crippen molar-refractivity contribution in [3.05, 3.63) is 83.4 Å². The number of amidine groups is 1. The maximum absolute atomic E-state index is 13.6. The van der Waals surface area contributed by atoms with Crippen LogP contribution in [-0.4, -0.2) is 59.9 Å². The lowest BCUT2D eigenvalue weighted by molar-refractivity contribution is -0.132. The molecular formula is C29H36N8O4. The molecule has 0 heterocycles. The highest BCUT2D eigenvalue weighted by Crippen LogP contribution is 2.26. The SMILES string of the molecule is N=C(N)c1ccc(C[C@H](C(=O)N[C@@H](CO)C(=O)NC(CCCN=C(N)N)C(N)=O)c2ccc3ccccc3c2)cc1. The van der Waals surface area contributed by atoms with Gasteiger partial charge in [0.1, 0.15) is 17.9 Å². The van der Waals surface area contributed by atoms with Crippen molar-refractivity contribution in [2.45, 2.75) is 37.3 Å². The summed E-state index contributed by atoms with van der Waals surface area (Å²) in [5.74, 6) is -2.90. The smallest absolute Gasteiger partial charge is 0.245 e. The van der Waals surface area contributed by atoms with Crippen LogP contribution in [0.1, 0.15) is 35.4 Å². The molecule has 12 heteroatoms. The monoisotopic (exact) mass is 560 g/mol. The number of fused-ring (bicyclic) bond motifs is 1. The Balaban J connectivity index is 1.81. The van der Waals surface area contributed by atoms with Gasteiger partial charge in [-0.05, 0) is 41.2 Å². The number of guanidine groups is 1. The van der Waals surface area contributed by atoms with E-state index in [-0.39, 0.29) is 31.2 Å². The number of aliphatic imine (C=N–C) groups is 1. The zero-order chi connectivity index (χ0) is 29.9. The van der Waals surface area contributed by atoms with Gasteiger partial charge in [-0.25, -0.2) is 0 Å². The number of amides is 3. The van der Waals surface area contributed by atoms with Crippen LogP contribution >= 0.6 is 0 Å². The maximum atomic E-state index is 13.6. The molecule has 1 unspecified atom stereocenters. The van der Waals surface area contributed by atoms with E-state index in [2.05, 4.69) is 15.6 Å². The molecule has 0 saturated carbocycles. The molecule has 0 aliphatic heterocycles. The van der Waals surface area contributed by atoms with Gasteiger partial charge in [0.05, 0.1) is 12.5 Å². The van der Waals surface area contributed by atoms with Crippen molar-refractivity contribution in [2.24, 2.45) is 27.9 Å². The summed E-state index contributed by atoms with van der Waals surface area (Å²) in [4.78, 5) is 42.4. The molecule has 0 fully saturated rings. The molecule has 216 valence electrons. The number of nitrogens with one attached hydrogen (secondary N) is 3. The lowest BCUT2D eigenvalue weighted by Gasteiger charge is -2.24. The van der Waals surface area contributed by atoms with Crippen LogP contribution in [0.5, 0.6) is 0 Å². The number of rotatable bonds is 14. The van der Waals surface area contributed by atoms with Gasteiger partial charge in [-0.15, -0.1) is 0 Å². The topological polar surface area (TPSA) is 236 Å². The number of hydrogen-bond donors (Lipinski definition) is 8. The summed E-state index contributed by atoms with van der Waals surface area (Å²) in [7, 11) is 0. The Morgan fingerprint density at radius 1 is 0.854 bits per heavy atom. The lowest BCUT2D eigenvalue weighted by Crippen LogP contribution is -2.55. The first-order chi connectivity index (χ1) is 19.6. The quantitative estimate of drug-likeness (QED) is 0.0759. The molecule has 3 rings (SSSR count). The Bertz CT molecular complexity index is 1420. The van der Waals surface area contributed by atoms with Crippen LogP contribution in [0.15, 0.2) is 71.7 Å². The summed E-state index contributed by atoms with van der Waals surface area (Å²) in [5.41, 5.74) is 23.7. The van der Waals surface area contributed by atoms with Gasteiger partial charge in [0, 0.05) is 12.1 Å². The van der Waals surface area contributed by atoms with Gasteiger partial charge in [-0.1, -0.05) is 66.7 Å². The summed E-state index contributed by atoms with van der Waals surface area (Å²) in [6, 6.07) is 18.0. The molecule has 12 N–H and O–H groups in total.